The number of phosphoric ester groups is 5. The highest BCUT2D eigenvalue weighted by Crippen LogP contribution is 2.57. The molecule has 0 aliphatic carbocycles. The molecule has 0 radical (unpaired) electrons. The maximum atomic E-state index is 14.0. The number of hydrogen-bond donors (Lipinski definition) is 6. The first-order chi connectivity index (χ1) is 54.0. The third kappa shape index (κ3) is 23.8. The van der Waals surface area contributed by atoms with Crippen LogP contribution in [0.25, 0.3) is 86.2 Å². The molecule has 6 N–H and O–H groups in total. The molecule has 0 aromatic heterocycles. The summed E-state index contributed by atoms with van der Waals surface area (Å²) in [5.74, 6) is 0.721. The molecule has 0 aliphatic rings. The summed E-state index contributed by atoms with van der Waals surface area (Å²) in [5.41, 5.74) is -2.50. The van der Waals surface area contributed by atoms with Gasteiger partial charge in [-0.2, -0.15) is 0 Å². The lowest BCUT2D eigenvalue weighted by atomic mass is 9.87. The van der Waals surface area contributed by atoms with E-state index >= 15 is 0 Å². The van der Waals surface area contributed by atoms with E-state index < -0.39 is 80.0 Å². The first-order valence-electron chi connectivity index (χ1n) is 40.2. The summed E-state index contributed by atoms with van der Waals surface area (Å²) in [6.07, 6.45) is 12.3. The zero-order valence-corrected chi connectivity index (χ0v) is 73.0. The quantitative estimate of drug-likeness (QED) is 0.00678. The van der Waals surface area contributed by atoms with Crippen molar-refractivity contribution in [1.82, 2.24) is 0 Å². The molecule has 0 saturated heterocycles. The smallest absolute Gasteiger partial charge is 0.396 e. The fourth-order valence-corrected chi connectivity index (χ4v) is 23.9. The monoisotopic (exact) mass is 1690 g/mol. The molecule has 9 atom stereocenters. The molecule has 0 bridgehead atoms. The molecule has 21 nitrogen and oxygen atoms in total. The minimum absolute atomic E-state index is 0.0262. The summed E-state index contributed by atoms with van der Waals surface area (Å²) in [6, 6.07) is 45.9. The molecule has 0 amide bonds. The van der Waals surface area contributed by atoms with Crippen LogP contribution in [0.5, 0.6) is 0 Å². The molecule has 620 valence electrons. The fraction of sp³-hybridized carbons (Fsp3) is 0.529. The van der Waals surface area contributed by atoms with Gasteiger partial charge in [-0.3, -0.25) is 45.2 Å². The third-order valence-corrected chi connectivity index (χ3v) is 31.1. The summed E-state index contributed by atoms with van der Waals surface area (Å²) >= 11 is 0. The van der Waals surface area contributed by atoms with Crippen LogP contribution >= 0.6 is 60.7 Å². The molecule has 0 heterocycles. The van der Waals surface area contributed by atoms with Crippen LogP contribution in [-0.4, -0.2) is 110 Å². The molecule has 10 aromatic carbocycles. The highest BCUT2D eigenvalue weighted by molar-refractivity contribution is 8.76. The SMILES string of the molecule is CCCC(CC)(CCOP(=O)(O)OC(C)(CC)CCCCCCSSCCCCCCC(CC)(CC)OP(=O)(O)OCCC(CC)(CC)OP(=O)(O)OCC(COP(=O)(O)OC)Cc1ccc2c3cccc4cccc(c5cccc1c52)c43)OP(=O)(O)OCC(CO)Cc1ccc2c3cccc4cccc(c5cccc1c52)c43. The van der Waals surface area contributed by atoms with E-state index in [0.717, 1.165) is 140 Å². The summed E-state index contributed by atoms with van der Waals surface area (Å²) in [6.45, 7) is 13.0. The summed E-state index contributed by atoms with van der Waals surface area (Å²) < 4.78 is 124. The van der Waals surface area contributed by atoms with Crippen LogP contribution in [0.4, 0.5) is 0 Å². The van der Waals surface area contributed by atoms with Crippen molar-refractivity contribution in [1.29, 1.82) is 0 Å². The minimum atomic E-state index is -4.86. The Kier molecular flexibility index (Phi) is 33.0. The number of aliphatic hydroxyl groups excluding tert-OH is 1. The third-order valence-electron chi connectivity index (χ3n) is 23.1. The van der Waals surface area contributed by atoms with E-state index in [-0.39, 0.29) is 65.1 Å². The van der Waals surface area contributed by atoms with Gasteiger partial charge in [0.25, 0.3) is 0 Å². The Bertz CT molecular complexity index is 4900. The Morgan fingerprint density at radius 3 is 1.12 bits per heavy atom. The van der Waals surface area contributed by atoms with E-state index in [1.165, 1.54) is 26.9 Å². The van der Waals surface area contributed by atoms with Crippen LogP contribution in [0, 0.1) is 11.8 Å². The Morgan fingerprint density at radius 1 is 0.354 bits per heavy atom. The minimum Gasteiger partial charge on any atom is -0.396 e. The van der Waals surface area contributed by atoms with Crippen molar-refractivity contribution in [3.8, 4) is 0 Å². The van der Waals surface area contributed by atoms with Crippen molar-refractivity contribution in [3.05, 3.63) is 145 Å². The first-order valence-corrected chi connectivity index (χ1v) is 50.2. The van der Waals surface area contributed by atoms with Gasteiger partial charge in [0.1, 0.15) is 0 Å². The van der Waals surface area contributed by atoms with E-state index in [4.69, 9.17) is 45.2 Å². The molecule has 9 unspecified atom stereocenters. The van der Waals surface area contributed by atoms with E-state index in [0.29, 0.717) is 57.8 Å². The summed E-state index contributed by atoms with van der Waals surface area (Å²) in [4.78, 5) is 55.0. The standard InChI is InChI=1S/C85H117O21P5S2/c1-10-47-85(16-7,106-111(95,96)101-59-62(58-86)56-66-43-45-76-72-39-27-33-64-31-25-37-70(78(64)72)74-41-29-35-68(66)80(74)76)51-53-98-108(89,90)103-82(8,11-2)48-21-17-19-23-54-112-113-55-24-20-18-22-49-83(12-3,13-4)104-109(91,92)99-52-50-84(14-5,15-6)105-110(93,94)102-61-63(60-100-107(87,88)97-9)57-67-44-46-77-73-40-28-34-65-32-26-38-71(79(65)73)75-42-30-36-69(67)81(75)77/h25-46,62-63,86H,10-24,47-61H2,1-9H3,(H,87,88)(H,89,90)(H,91,92)(H,93,94)(H,95,96). The number of hydrogen-bond acceptors (Lipinski definition) is 18. The zero-order chi connectivity index (χ0) is 81.3. The van der Waals surface area contributed by atoms with Crippen LogP contribution in [-0.2, 0) is 80.9 Å². The first kappa shape index (κ1) is 91.3. The van der Waals surface area contributed by atoms with Crippen LogP contribution in [0.3, 0.4) is 0 Å². The molecule has 0 fully saturated rings. The second-order valence-corrected chi connectivity index (χ2v) is 40.3. The van der Waals surface area contributed by atoms with Crippen molar-refractivity contribution in [3.63, 3.8) is 0 Å². The predicted molar refractivity (Wildman–Crippen MR) is 461 cm³/mol. The number of unbranched alkanes of at least 4 members (excludes halogenated alkanes) is 6. The maximum Gasteiger partial charge on any atom is 0.472 e. The molecule has 10 aromatic rings. The predicted octanol–water partition coefficient (Wildman–Crippen LogP) is 24.4. The second-order valence-electron chi connectivity index (χ2n) is 30.5. The average Bonchev–Trinajstić information content (AvgIpc) is 0.725. The van der Waals surface area contributed by atoms with Gasteiger partial charge < -0.3 is 29.6 Å². The maximum absolute atomic E-state index is 14.0. The van der Waals surface area contributed by atoms with Gasteiger partial charge in [-0.15, -0.1) is 0 Å². The lowest BCUT2D eigenvalue weighted by Gasteiger charge is -2.35. The van der Waals surface area contributed by atoms with Gasteiger partial charge in [0.15, 0.2) is 0 Å². The van der Waals surface area contributed by atoms with Crippen molar-refractivity contribution in [2.75, 3.05) is 58.3 Å². The number of fused-ring (bicyclic) bond motifs is 4. The van der Waals surface area contributed by atoms with Gasteiger partial charge in [-0.25, -0.2) is 22.8 Å². The van der Waals surface area contributed by atoms with Crippen molar-refractivity contribution in [2.45, 2.75) is 219 Å². The lowest BCUT2D eigenvalue weighted by Crippen LogP contribution is -2.33. The van der Waals surface area contributed by atoms with Gasteiger partial charge >= 0.3 is 39.1 Å². The molecule has 0 spiro atoms. The molecule has 113 heavy (non-hydrogen) atoms. The number of phosphoric acid groups is 5. The molecular formula is C85H117O21P5S2. The van der Waals surface area contributed by atoms with Crippen molar-refractivity contribution in [2.24, 2.45) is 11.8 Å². The van der Waals surface area contributed by atoms with Crippen LogP contribution in [0.1, 0.15) is 195 Å². The average molecular weight is 1690 g/mol. The van der Waals surface area contributed by atoms with Crippen LogP contribution in [0.2, 0.25) is 0 Å². The van der Waals surface area contributed by atoms with Crippen molar-refractivity contribution < 1.29 is 97.6 Å². The second kappa shape index (κ2) is 40.8. The number of rotatable bonds is 54. The Hall–Kier alpha value is -3.99. The van der Waals surface area contributed by atoms with Gasteiger partial charge in [0.2, 0.25) is 0 Å². The Balaban J connectivity index is 0.593. The molecule has 0 aliphatic heterocycles. The van der Waals surface area contributed by atoms with Gasteiger partial charge in [0.05, 0.1) is 55.4 Å². The van der Waals surface area contributed by atoms with Gasteiger partial charge in [0, 0.05) is 49.9 Å². The number of aliphatic hydroxyl groups is 1. The highest BCUT2D eigenvalue weighted by atomic mass is 33.1. The van der Waals surface area contributed by atoms with E-state index in [9.17, 15) is 52.4 Å². The topological polar surface area (TPSA) is 299 Å². The molecule has 0 saturated carbocycles. The van der Waals surface area contributed by atoms with Gasteiger partial charge in [-0.1, -0.05) is 248 Å². The Morgan fingerprint density at radius 2 is 0.699 bits per heavy atom. The summed E-state index contributed by atoms with van der Waals surface area (Å²) in [5, 5.41) is 28.5. The molecule has 10 rings (SSSR count). The number of benzene rings is 10. The van der Waals surface area contributed by atoms with E-state index in [1.54, 1.807) is 13.8 Å². The largest absolute Gasteiger partial charge is 0.472 e. The zero-order valence-electron chi connectivity index (χ0n) is 66.9. The van der Waals surface area contributed by atoms with Crippen LogP contribution < -0.4 is 0 Å². The van der Waals surface area contributed by atoms with E-state index in [2.05, 4.69) is 97.1 Å². The highest BCUT2D eigenvalue weighted by Gasteiger charge is 2.43. The molecular weight excluding hydrogens is 1580 g/mol. The fourth-order valence-electron chi connectivity index (χ4n) is 16.2. The van der Waals surface area contributed by atoms with E-state index in [1.807, 2.05) is 99.5 Å². The van der Waals surface area contributed by atoms with Crippen molar-refractivity contribution >= 4 is 147 Å². The lowest BCUT2D eigenvalue weighted by molar-refractivity contribution is -0.0196. The molecule has 28 heteroatoms. The Labute approximate surface area is 674 Å². The van der Waals surface area contributed by atoms with Crippen LogP contribution in [0.15, 0.2) is 133 Å². The normalized spacial score (nSPS) is 17.1. The van der Waals surface area contributed by atoms with Gasteiger partial charge in [-0.05, 0) is 188 Å². The summed E-state index contributed by atoms with van der Waals surface area (Å²) in [7, 11) is -18.5.